The van der Waals surface area contributed by atoms with Crippen LogP contribution in [-0.2, 0) is 35.9 Å². The highest BCUT2D eigenvalue weighted by Crippen LogP contribution is 2.49. The van der Waals surface area contributed by atoms with E-state index in [1.54, 1.807) is 7.05 Å². The molecule has 1 saturated heterocycles. The first-order valence-corrected chi connectivity index (χ1v) is 15.7. The molecule has 0 aromatic carbocycles. The number of ether oxygens (including phenoxy) is 2. The molecule has 0 unspecified atom stereocenters. The van der Waals surface area contributed by atoms with Crippen molar-refractivity contribution in [2.24, 2.45) is 7.05 Å². The molecule has 1 aromatic rings. The summed E-state index contributed by atoms with van der Waals surface area (Å²) in [4.78, 5) is 27.6. The molecule has 1 aromatic heterocycles. The Morgan fingerprint density at radius 2 is 2.16 bits per heavy atom. The van der Waals surface area contributed by atoms with E-state index in [0.717, 1.165) is 6.26 Å². The molecular weight excluding hydrogens is 499 g/mol. The summed E-state index contributed by atoms with van der Waals surface area (Å²) in [7, 11) is -0.808. The van der Waals surface area contributed by atoms with E-state index in [1.807, 2.05) is 13.3 Å². The van der Waals surface area contributed by atoms with Gasteiger partial charge in [0.1, 0.15) is 17.7 Å². The van der Waals surface area contributed by atoms with Crippen LogP contribution >= 0.6 is 31.6 Å². The molecule has 2 aliphatic rings. The number of fused-ring (bicyclic) bond motifs is 1. The van der Waals surface area contributed by atoms with E-state index in [-0.39, 0.29) is 24.0 Å². The number of aryl methyl sites for hydroxylation is 1. The molecule has 2 atom stereocenters. The van der Waals surface area contributed by atoms with E-state index in [0.29, 0.717) is 22.2 Å². The van der Waals surface area contributed by atoms with Crippen molar-refractivity contribution in [3.05, 3.63) is 11.3 Å². The van der Waals surface area contributed by atoms with Gasteiger partial charge in [-0.05, 0) is 37.4 Å². The van der Waals surface area contributed by atoms with Gasteiger partial charge >= 0.3 is 5.97 Å². The van der Waals surface area contributed by atoms with Crippen LogP contribution in [0.15, 0.2) is 16.4 Å². The molecule has 32 heavy (non-hydrogen) atoms. The van der Waals surface area contributed by atoms with Gasteiger partial charge in [-0.1, -0.05) is 11.8 Å². The van der Waals surface area contributed by atoms with Gasteiger partial charge in [-0.3, -0.25) is 14.8 Å². The number of carbonyl (C=O) groups excluding carboxylic acids is 2. The number of nitrogens with zero attached hydrogens (tertiary/aromatic N) is 5. The van der Waals surface area contributed by atoms with Gasteiger partial charge in [0.15, 0.2) is 9.84 Å². The number of aromatic nitrogens is 4. The quantitative estimate of drug-likeness (QED) is 0.140. The van der Waals surface area contributed by atoms with E-state index in [2.05, 4.69) is 20.6 Å². The first kappa shape index (κ1) is 25.4. The zero-order valence-corrected chi connectivity index (χ0v) is 21.6. The highest BCUT2D eigenvalue weighted by Gasteiger charge is 2.66. The van der Waals surface area contributed by atoms with Crippen molar-refractivity contribution in [3.8, 4) is 0 Å². The fourth-order valence-corrected chi connectivity index (χ4v) is 7.08. The molecule has 1 amide bonds. The lowest BCUT2D eigenvalue weighted by molar-refractivity contribution is -0.186. The van der Waals surface area contributed by atoms with E-state index < -0.39 is 35.0 Å². The Balaban J connectivity index is 1.87. The van der Waals surface area contributed by atoms with Crippen molar-refractivity contribution in [2.75, 3.05) is 50.6 Å². The first-order chi connectivity index (χ1) is 15.0. The molecule has 16 heteroatoms. The van der Waals surface area contributed by atoms with Gasteiger partial charge in [0.25, 0.3) is 5.91 Å². The third kappa shape index (κ3) is 5.12. The zero-order valence-electron chi connectivity index (χ0n) is 18.3. The predicted molar refractivity (Wildman–Crippen MR) is 122 cm³/mol. The van der Waals surface area contributed by atoms with Crippen molar-refractivity contribution in [1.82, 2.24) is 30.2 Å². The standard InChI is InChI=1S/C16H25N6O6PS3/c1-21-15(17-19-20-21)31-9-10-8-30-14-16(27-2,18-29(3)4)13(24)22(14)11(10)12(23)28-6-7-32(5,25)26/h14,18H,6-9H2,1-5H3/t14-,16-/m0/s1. The van der Waals surface area contributed by atoms with Crippen LogP contribution in [0, 0.1) is 0 Å². The molecule has 3 rings (SSSR count). The van der Waals surface area contributed by atoms with Crippen LogP contribution in [0.5, 0.6) is 0 Å². The Labute approximate surface area is 195 Å². The van der Waals surface area contributed by atoms with E-state index in [9.17, 15) is 18.0 Å². The summed E-state index contributed by atoms with van der Waals surface area (Å²) in [5, 5.41) is 14.6. The van der Waals surface area contributed by atoms with Gasteiger partial charge in [0.05, 0.1) is 5.75 Å². The lowest BCUT2D eigenvalue weighted by Gasteiger charge is -2.56. The first-order valence-electron chi connectivity index (χ1n) is 9.37. The molecule has 0 saturated carbocycles. The second-order valence-electron chi connectivity index (χ2n) is 7.38. The van der Waals surface area contributed by atoms with Crippen molar-refractivity contribution in [3.63, 3.8) is 0 Å². The number of thioether (sulfide) groups is 2. The lowest BCUT2D eigenvalue weighted by atomic mass is 10.00. The summed E-state index contributed by atoms with van der Waals surface area (Å²) in [6, 6.07) is 0. The summed E-state index contributed by atoms with van der Waals surface area (Å²) in [6.07, 6.45) is 1.07. The minimum atomic E-state index is -3.30. The Morgan fingerprint density at radius 1 is 1.44 bits per heavy atom. The largest absolute Gasteiger partial charge is 0.460 e. The van der Waals surface area contributed by atoms with Gasteiger partial charge in [0.2, 0.25) is 10.9 Å². The summed E-state index contributed by atoms with van der Waals surface area (Å²) in [6.45, 7) is 3.64. The molecule has 0 aliphatic carbocycles. The average Bonchev–Trinajstić information content (AvgIpc) is 3.12. The number of β-lactam (4-membered cyclic amide) rings is 1. The van der Waals surface area contributed by atoms with Crippen LogP contribution in [0.4, 0.5) is 0 Å². The number of tetrazole rings is 1. The fraction of sp³-hybridized carbons (Fsp3) is 0.688. The second-order valence-corrected chi connectivity index (χ2v) is 13.7. The third-order valence-electron chi connectivity index (χ3n) is 4.66. The Kier molecular flexibility index (Phi) is 7.88. The number of hydrogen-bond donors (Lipinski definition) is 1. The van der Waals surface area contributed by atoms with Gasteiger partial charge in [0, 0.05) is 31.9 Å². The number of sulfone groups is 1. The number of carbonyl (C=O) groups is 2. The summed E-state index contributed by atoms with van der Waals surface area (Å²) >= 11 is 2.81. The summed E-state index contributed by atoms with van der Waals surface area (Å²) in [5.41, 5.74) is -0.414. The van der Waals surface area contributed by atoms with E-state index in [4.69, 9.17) is 9.47 Å². The Hall–Kier alpha value is -1.25. The molecule has 0 spiro atoms. The predicted octanol–water partition coefficient (Wildman–Crippen LogP) is -0.352. The van der Waals surface area contributed by atoms with Crippen molar-refractivity contribution in [1.29, 1.82) is 0 Å². The average molecular weight is 525 g/mol. The molecule has 0 bridgehead atoms. The molecule has 12 nitrogen and oxygen atoms in total. The maximum Gasteiger partial charge on any atom is 0.355 e. The molecule has 2 aliphatic heterocycles. The number of amides is 1. The monoisotopic (exact) mass is 524 g/mol. The molecular formula is C16H25N6O6PS3. The number of esters is 1. The lowest BCUT2D eigenvalue weighted by Crippen LogP contribution is -2.79. The van der Waals surface area contributed by atoms with Crippen LogP contribution in [0.1, 0.15) is 0 Å². The van der Waals surface area contributed by atoms with Gasteiger partial charge in [-0.15, -0.1) is 16.9 Å². The second kappa shape index (κ2) is 9.94. The molecule has 1 N–H and O–H groups in total. The van der Waals surface area contributed by atoms with Crippen molar-refractivity contribution >= 4 is 53.3 Å². The van der Waals surface area contributed by atoms with Crippen molar-refractivity contribution < 1.29 is 27.5 Å². The Morgan fingerprint density at radius 3 is 2.72 bits per heavy atom. The maximum atomic E-state index is 13.2. The van der Waals surface area contributed by atoms with Crippen LogP contribution in [0.2, 0.25) is 0 Å². The summed E-state index contributed by atoms with van der Waals surface area (Å²) < 4.78 is 35.2. The number of nitrogens with one attached hydrogen (secondary N) is 1. The highest BCUT2D eigenvalue weighted by molar-refractivity contribution is 8.01. The fourth-order valence-electron chi connectivity index (χ4n) is 3.21. The van der Waals surface area contributed by atoms with Crippen LogP contribution in [0.25, 0.3) is 0 Å². The van der Waals surface area contributed by atoms with Crippen LogP contribution < -0.4 is 5.09 Å². The van der Waals surface area contributed by atoms with Gasteiger partial charge in [-0.2, -0.15) is 0 Å². The normalized spacial score (nSPS) is 23.4. The molecule has 3 heterocycles. The number of rotatable bonds is 10. The molecule has 178 valence electrons. The van der Waals surface area contributed by atoms with Gasteiger partial charge < -0.3 is 9.47 Å². The molecule has 0 radical (unpaired) electrons. The minimum Gasteiger partial charge on any atom is -0.460 e. The third-order valence-corrected chi connectivity index (χ3v) is 8.82. The Bertz CT molecular complexity index is 1030. The zero-order chi connectivity index (χ0) is 23.7. The van der Waals surface area contributed by atoms with Crippen LogP contribution in [0.3, 0.4) is 0 Å². The maximum absolute atomic E-state index is 13.2. The smallest absolute Gasteiger partial charge is 0.355 e. The van der Waals surface area contributed by atoms with E-state index >= 15 is 0 Å². The highest BCUT2D eigenvalue weighted by atomic mass is 32.2. The number of methoxy groups -OCH3 is 1. The minimum absolute atomic E-state index is 0.126. The van der Waals surface area contributed by atoms with Crippen molar-refractivity contribution in [2.45, 2.75) is 16.3 Å². The van der Waals surface area contributed by atoms with Gasteiger partial charge in [-0.25, -0.2) is 17.9 Å². The molecule has 1 fully saturated rings. The number of hydrogen-bond acceptors (Lipinski definition) is 12. The van der Waals surface area contributed by atoms with Crippen LogP contribution in [-0.4, -0.2) is 107 Å². The topological polar surface area (TPSA) is 146 Å². The van der Waals surface area contributed by atoms with E-state index in [1.165, 1.54) is 40.2 Å². The SMILES string of the molecule is CO[C@@]1(NP(C)C)C(=O)N2C(C(=O)OCCS(C)(=O)=O)=C(CSc3nnnn3C)CS[C@H]21. The summed E-state index contributed by atoms with van der Waals surface area (Å²) in [5.74, 6) is -0.603.